The molecule has 5 nitrogen and oxygen atoms in total. The average Bonchev–Trinajstić information content (AvgIpc) is 2.62. The van der Waals surface area contributed by atoms with Crippen LogP contribution < -0.4 is 0 Å². The number of carbonyl (C=O) groups excluding carboxylic acids is 2. The Kier molecular flexibility index (Phi) is 7.14. The molecule has 1 aromatic carbocycles. The highest BCUT2D eigenvalue weighted by Gasteiger charge is 2.36. The first-order valence-electron chi connectivity index (χ1n) is 8.24. The van der Waals surface area contributed by atoms with E-state index in [2.05, 4.69) is 38.3 Å². The minimum absolute atomic E-state index is 0.0881. The van der Waals surface area contributed by atoms with Crippen molar-refractivity contribution in [3.05, 3.63) is 45.1 Å². The largest absolute Gasteiger partial charge is 0.463 e. The third kappa shape index (κ3) is 4.87. The molecule has 1 amide bonds. The van der Waals surface area contributed by atoms with Crippen LogP contribution in [-0.4, -0.2) is 41.1 Å². The van der Waals surface area contributed by atoms with Crippen molar-refractivity contribution in [2.24, 2.45) is 4.99 Å². The molecule has 2 rings (SSSR count). The molecule has 150 valence electrons. The number of esters is 1. The van der Waals surface area contributed by atoms with Crippen LogP contribution in [0.5, 0.6) is 0 Å². The predicted molar refractivity (Wildman–Crippen MR) is 103 cm³/mol. The molecule has 1 heterocycles. The van der Waals surface area contributed by atoms with E-state index in [9.17, 15) is 22.8 Å². The van der Waals surface area contributed by atoms with E-state index in [1.807, 2.05) is 0 Å². The van der Waals surface area contributed by atoms with Gasteiger partial charge in [-0.05, 0) is 44.3 Å². The van der Waals surface area contributed by atoms with Crippen LogP contribution in [0.4, 0.5) is 13.2 Å². The number of carbonyl (C=O) groups is 2. The molecule has 0 fully saturated rings. The fourth-order valence-electron chi connectivity index (χ4n) is 2.83. The number of amides is 1. The molecule has 10 heteroatoms. The average molecular weight is 477 g/mol. The first-order valence-corrected chi connectivity index (χ1v) is 9.45. The Morgan fingerprint density at radius 2 is 2.11 bits per heavy atom. The fourth-order valence-corrected chi connectivity index (χ4v) is 3.41. The molecule has 0 aliphatic carbocycles. The fraction of sp³-hybridized carbons (Fsp3) is 0.389. The second kappa shape index (κ2) is 8.98. The van der Waals surface area contributed by atoms with E-state index < -0.39 is 29.7 Å². The number of ether oxygens (including phenoxy) is 1. The summed E-state index contributed by atoms with van der Waals surface area (Å²) in [5, 5.41) is 2.16. The van der Waals surface area contributed by atoms with Crippen LogP contribution in [0.15, 0.2) is 38.9 Å². The molecule has 1 atom stereocenters. The lowest BCUT2D eigenvalue weighted by Crippen LogP contribution is -2.44. The summed E-state index contributed by atoms with van der Waals surface area (Å²) in [5.41, 5.74) is -0.564. The summed E-state index contributed by atoms with van der Waals surface area (Å²) >= 11 is 7.45. The zero-order valence-corrected chi connectivity index (χ0v) is 17.4. The van der Waals surface area contributed by atoms with Gasteiger partial charge >= 0.3 is 12.1 Å². The van der Waals surface area contributed by atoms with Gasteiger partial charge in [-0.3, -0.25) is 4.79 Å². The lowest BCUT2D eigenvalue weighted by Gasteiger charge is -2.34. The molecule has 0 radical (unpaired) electrons. The highest BCUT2D eigenvalue weighted by atomic mass is 79.9. The molecule has 0 aromatic heterocycles. The molecule has 0 saturated carbocycles. The summed E-state index contributed by atoms with van der Waals surface area (Å²) in [5.74, 6) is -1.17. The van der Waals surface area contributed by atoms with Crippen LogP contribution in [0, 0.1) is 0 Å². The molecule has 1 aliphatic heterocycles. The number of aliphatic imine (C=N–C) groups is 1. The number of benzene rings is 1. The monoisotopic (exact) mass is 476 g/mol. The van der Waals surface area contributed by atoms with Gasteiger partial charge in [-0.15, -0.1) is 0 Å². The Labute approximate surface area is 173 Å². The van der Waals surface area contributed by atoms with Gasteiger partial charge in [0.05, 0.1) is 35.1 Å². The van der Waals surface area contributed by atoms with Crippen molar-refractivity contribution in [2.45, 2.75) is 32.5 Å². The maximum atomic E-state index is 13.1. The van der Waals surface area contributed by atoms with Gasteiger partial charge in [0, 0.05) is 22.5 Å². The molecule has 1 aliphatic rings. The number of halogens is 4. The number of nitrogens with zero attached hydrogens (tertiary/aromatic N) is 2. The van der Waals surface area contributed by atoms with E-state index in [0.29, 0.717) is 0 Å². The smallest absolute Gasteiger partial charge is 0.417 e. The molecule has 1 unspecified atom stereocenters. The Hall–Kier alpha value is -2.03. The number of isothiocyanates is 1. The van der Waals surface area contributed by atoms with E-state index in [0.717, 1.165) is 6.07 Å². The predicted octanol–water partition coefficient (Wildman–Crippen LogP) is 4.62. The minimum Gasteiger partial charge on any atom is -0.463 e. The van der Waals surface area contributed by atoms with Crippen molar-refractivity contribution in [3.63, 3.8) is 0 Å². The van der Waals surface area contributed by atoms with E-state index in [1.165, 1.54) is 17.0 Å². The SMILES string of the molecule is CCOC(=O)C1=C(N=C=S)CN(C(=O)c2ccc(Br)c(C(F)(F)F)c2)C(C)C1. The third-order valence-corrected chi connectivity index (χ3v) is 4.96. The highest BCUT2D eigenvalue weighted by molar-refractivity contribution is 9.10. The van der Waals surface area contributed by atoms with Crippen LogP contribution in [0.1, 0.15) is 36.2 Å². The summed E-state index contributed by atoms with van der Waals surface area (Å²) in [6.07, 6.45) is -4.46. The Morgan fingerprint density at radius 1 is 1.43 bits per heavy atom. The second-order valence-corrected chi connectivity index (χ2v) is 7.06. The topological polar surface area (TPSA) is 59.0 Å². The number of hydrogen-bond donors (Lipinski definition) is 0. The van der Waals surface area contributed by atoms with Crippen LogP contribution in [-0.2, 0) is 15.7 Å². The molecule has 0 N–H and O–H groups in total. The summed E-state index contributed by atoms with van der Waals surface area (Å²) in [6, 6.07) is 2.84. The first kappa shape index (κ1) is 22.3. The molecule has 1 aromatic rings. The first-order chi connectivity index (χ1) is 13.1. The van der Waals surface area contributed by atoms with E-state index in [-0.39, 0.29) is 40.9 Å². The quantitative estimate of drug-likeness (QED) is 0.361. The summed E-state index contributed by atoms with van der Waals surface area (Å²) in [7, 11) is 0. The van der Waals surface area contributed by atoms with Crippen molar-refractivity contribution >= 4 is 45.2 Å². The molecule has 0 bridgehead atoms. The highest BCUT2D eigenvalue weighted by Crippen LogP contribution is 2.36. The number of hydrogen-bond acceptors (Lipinski definition) is 5. The van der Waals surface area contributed by atoms with Crippen molar-refractivity contribution in [2.75, 3.05) is 13.2 Å². The molecule has 0 spiro atoms. The van der Waals surface area contributed by atoms with Gasteiger partial charge in [-0.2, -0.15) is 18.2 Å². The van der Waals surface area contributed by atoms with Crippen molar-refractivity contribution < 1.29 is 27.5 Å². The van der Waals surface area contributed by atoms with Gasteiger partial charge in [-0.25, -0.2) is 4.79 Å². The van der Waals surface area contributed by atoms with Gasteiger partial charge in [0.15, 0.2) is 0 Å². The maximum Gasteiger partial charge on any atom is 0.417 e. The van der Waals surface area contributed by atoms with Gasteiger partial charge in [0.2, 0.25) is 0 Å². The number of thiocarbonyl (C=S) groups is 1. The Morgan fingerprint density at radius 3 is 2.68 bits per heavy atom. The lowest BCUT2D eigenvalue weighted by atomic mass is 9.97. The van der Waals surface area contributed by atoms with Crippen molar-refractivity contribution in [1.29, 1.82) is 0 Å². The normalized spacial score (nSPS) is 17.2. The third-order valence-electron chi connectivity index (χ3n) is 4.18. The van der Waals surface area contributed by atoms with Crippen molar-refractivity contribution in [3.8, 4) is 0 Å². The van der Waals surface area contributed by atoms with E-state index in [4.69, 9.17) is 4.74 Å². The van der Waals surface area contributed by atoms with Gasteiger partial charge in [-0.1, -0.05) is 15.9 Å². The van der Waals surface area contributed by atoms with Crippen molar-refractivity contribution in [1.82, 2.24) is 4.90 Å². The standard InChI is InChI=1S/C18H16BrF3N2O3S/c1-3-27-17(26)12-6-10(2)24(8-15(12)23-9-28)16(25)11-4-5-14(19)13(7-11)18(20,21)22/h4-5,7,10H,3,6,8H2,1-2H3. The van der Waals surface area contributed by atoms with Gasteiger partial charge < -0.3 is 9.64 Å². The van der Waals surface area contributed by atoms with Crippen LogP contribution in [0.25, 0.3) is 0 Å². The number of rotatable bonds is 4. The van der Waals surface area contributed by atoms with E-state index >= 15 is 0 Å². The molecular weight excluding hydrogens is 461 g/mol. The second-order valence-electron chi connectivity index (χ2n) is 6.03. The summed E-state index contributed by atoms with van der Waals surface area (Å²) < 4.78 is 44.3. The zero-order valence-electron chi connectivity index (χ0n) is 15.0. The summed E-state index contributed by atoms with van der Waals surface area (Å²) in [6.45, 7) is 3.44. The lowest BCUT2D eigenvalue weighted by molar-refractivity contribution is -0.139. The Bertz CT molecular complexity index is 879. The number of alkyl halides is 3. The zero-order chi connectivity index (χ0) is 21.1. The van der Waals surface area contributed by atoms with Gasteiger partial charge in [0.1, 0.15) is 0 Å². The maximum absolute atomic E-state index is 13.1. The molecule has 28 heavy (non-hydrogen) atoms. The molecule has 0 saturated heterocycles. The van der Waals surface area contributed by atoms with Crippen LogP contribution >= 0.6 is 28.1 Å². The van der Waals surface area contributed by atoms with Crippen LogP contribution in [0.3, 0.4) is 0 Å². The molecular formula is C18H16BrF3N2O3S. The van der Waals surface area contributed by atoms with E-state index in [1.54, 1.807) is 13.8 Å². The van der Waals surface area contributed by atoms with Gasteiger partial charge in [0.25, 0.3) is 5.91 Å². The minimum atomic E-state index is -4.60. The summed E-state index contributed by atoms with van der Waals surface area (Å²) in [4.78, 5) is 30.2. The Balaban J connectivity index is 2.40. The van der Waals surface area contributed by atoms with Crippen LogP contribution in [0.2, 0.25) is 0 Å².